The molecule has 4 nitrogen and oxygen atoms in total. The van der Waals surface area contributed by atoms with Crippen LogP contribution in [0.25, 0.3) is 44.7 Å². The second kappa shape index (κ2) is 5.53. The van der Waals surface area contributed by atoms with E-state index in [1.165, 1.54) is 0 Å². The maximum Gasteiger partial charge on any atom is 0.167 e. The maximum atomic E-state index is 6.08. The van der Waals surface area contributed by atoms with Gasteiger partial charge in [-0.2, -0.15) is 0 Å². The molecule has 2 heterocycles. The van der Waals surface area contributed by atoms with Crippen LogP contribution < -0.4 is 0 Å². The molecular weight excluding hydrogens is 310 g/mol. The lowest BCUT2D eigenvalue weighted by molar-refractivity contribution is 0.669. The Morgan fingerprint density at radius 1 is 0.640 bits per heavy atom. The van der Waals surface area contributed by atoms with Crippen molar-refractivity contribution >= 4 is 21.9 Å². The van der Waals surface area contributed by atoms with Crippen molar-refractivity contribution in [3.05, 3.63) is 79.1 Å². The van der Waals surface area contributed by atoms with Gasteiger partial charge in [-0.1, -0.05) is 60.7 Å². The van der Waals surface area contributed by atoms with E-state index in [1.807, 2.05) is 60.7 Å². The van der Waals surface area contributed by atoms with Gasteiger partial charge in [0.1, 0.15) is 17.5 Å². The van der Waals surface area contributed by atoms with Crippen molar-refractivity contribution in [3.63, 3.8) is 0 Å². The summed E-state index contributed by atoms with van der Waals surface area (Å²) in [6, 6.07) is 24.0. The van der Waals surface area contributed by atoms with Crippen LogP contribution in [0.15, 0.2) is 83.5 Å². The summed E-state index contributed by atoms with van der Waals surface area (Å²) >= 11 is 0. The molecule has 118 valence electrons. The van der Waals surface area contributed by atoms with Crippen molar-refractivity contribution in [1.82, 2.24) is 15.0 Å². The van der Waals surface area contributed by atoms with Gasteiger partial charge in [-0.15, -0.1) is 0 Å². The second-order valence-corrected chi connectivity index (χ2v) is 5.78. The van der Waals surface area contributed by atoms with Gasteiger partial charge in [0, 0.05) is 16.3 Å². The predicted octanol–water partition coefficient (Wildman–Crippen LogP) is 5.11. The highest BCUT2D eigenvalue weighted by atomic mass is 16.3. The Kier molecular flexibility index (Phi) is 3.07. The summed E-state index contributed by atoms with van der Waals surface area (Å²) in [4.78, 5) is 13.3. The molecule has 0 atom stereocenters. The number of aromatic nitrogens is 3. The number of para-hydroxylation sites is 2. The Hall–Kier alpha value is -3.53. The molecule has 2 aromatic heterocycles. The molecule has 0 aliphatic rings. The summed E-state index contributed by atoms with van der Waals surface area (Å²) in [7, 11) is 0. The Labute approximate surface area is 143 Å². The van der Waals surface area contributed by atoms with Gasteiger partial charge < -0.3 is 4.42 Å². The molecule has 0 N–H and O–H groups in total. The number of rotatable bonds is 2. The highest BCUT2D eigenvalue weighted by Crippen LogP contribution is 2.34. The zero-order chi connectivity index (χ0) is 16.6. The van der Waals surface area contributed by atoms with Gasteiger partial charge in [0.05, 0.1) is 5.56 Å². The fourth-order valence-corrected chi connectivity index (χ4v) is 3.08. The fraction of sp³-hybridized carbons (Fsp3) is 0. The summed E-state index contributed by atoms with van der Waals surface area (Å²) in [5.74, 6) is 1.26. The first kappa shape index (κ1) is 13.9. The minimum Gasteiger partial charge on any atom is -0.455 e. The summed E-state index contributed by atoms with van der Waals surface area (Å²) in [6.45, 7) is 0. The van der Waals surface area contributed by atoms with Crippen molar-refractivity contribution in [3.8, 4) is 22.8 Å². The first-order valence-electron chi connectivity index (χ1n) is 8.05. The van der Waals surface area contributed by atoms with Gasteiger partial charge in [0.2, 0.25) is 0 Å². The standard InChI is InChI=1S/C21H13N3O/c1-2-7-14(8-3-1)20-22-13-23-21(24-20)17-11-6-10-16-15-9-4-5-12-18(15)25-19(16)17/h1-13H. The Morgan fingerprint density at radius 2 is 1.40 bits per heavy atom. The van der Waals surface area contributed by atoms with E-state index in [2.05, 4.69) is 27.1 Å². The topological polar surface area (TPSA) is 51.8 Å². The highest BCUT2D eigenvalue weighted by molar-refractivity contribution is 6.08. The van der Waals surface area contributed by atoms with Gasteiger partial charge >= 0.3 is 0 Å². The van der Waals surface area contributed by atoms with Crippen LogP contribution in [0, 0.1) is 0 Å². The normalized spacial score (nSPS) is 11.2. The molecule has 0 aliphatic carbocycles. The lowest BCUT2D eigenvalue weighted by Crippen LogP contribution is -1.95. The summed E-state index contributed by atoms with van der Waals surface area (Å²) in [5.41, 5.74) is 3.49. The quantitative estimate of drug-likeness (QED) is 0.453. The summed E-state index contributed by atoms with van der Waals surface area (Å²) in [6.07, 6.45) is 1.55. The van der Waals surface area contributed by atoms with Crippen LogP contribution in [-0.2, 0) is 0 Å². The van der Waals surface area contributed by atoms with E-state index >= 15 is 0 Å². The first-order valence-corrected chi connectivity index (χ1v) is 8.05. The van der Waals surface area contributed by atoms with E-state index in [0.29, 0.717) is 11.6 Å². The molecule has 0 saturated carbocycles. The third-order valence-corrected chi connectivity index (χ3v) is 4.25. The highest BCUT2D eigenvalue weighted by Gasteiger charge is 2.14. The van der Waals surface area contributed by atoms with Gasteiger partial charge in [-0.05, 0) is 12.1 Å². The number of benzene rings is 3. The molecule has 3 aromatic carbocycles. The van der Waals surface area contributed by atoms with Crippen LogP contribution in [0.4, 0.5) is 0 Å². The molecule has 25 heavy (non-hydrogen) atoms. The van der Waals surface area contributed by atoms with Gasteiger partial charge in [-0.3, -0.25) is 0 Å². The zero-order valence-electron chi connectivity index (χ0n) is 13.3. The number of hydrogen-bond acceptors (Lipinski definition) is 4. The molecule has 0 spiro atoms. The van der Waals surface area contributed by atoms with Gasteiger partial charge in [-0.25, -0.2) is 15.0 Å². The lowest BCUT2D eigenvalue weighted by atomic mass is 10.1. The molecule has 0 amide bonds. The van der Waals surface area contributed by atoms with Crippen LogP contribution >= 0.6 is 0 Å². The van der Waals surface area contributed by atoms with Gasteiger partial charge in [0.15, 0.2) is 11.6 Å². The van der Waals surface area contributed by atoms with E-state index in [9.17, 15) is 0 Å². The average molecular weight is 323 g/mol. The molecule has 0 bridgehead atoms. The number of hydrogen-bond donors (Lipinski definition) is 0. The van der Waals surface area contributed by atoms with Gasteiger partial charge in [0.25, 0.3) is 0 Å². The van der Waals surface area contributed by atoms with Crippen LogP contribution in [0.2, 0.25) is 0 Å². The molecule has 5 aromatic rings. The minimum atomic E-state index is 0.610. The van der Waals surface area contributed by atoms with Crippen LogP contribution in [-0.4, -0.2) is 15.0 Å². The lowest BCUT2D eigenvalue weighted by Gasteiger charge is -2.04. The van der Waals surface area contributed by atoms with Crippen LogP contribution in [0.5, 0.6) is 0 Å². The predicted molar refractivity (Wildman–Crippen MR) is 98.0 cm³/mol. The van der Waals surface area contributed by atoms with E-state index < -0.39 is 0 Å². The second-order valence-electron chi connectivity index (χ2n) is 5.78. The molecule has 0 aliphatic heterocycles. The van der Waals surface area contributed by atoms with E-state index in [4.69, 9.17) is 4.42 Å². The molecule has 0 saturated heterocycles. The number of furan rings is 1. The third kappa shape index (κ3) is 2.27. The summed E-state index contributed by atoms with van der Waals surface area (Å²) < 4.78 is 6.08. The first-order chi connectivity index (χ1) is 12.4. The molecule has 4 heteroatoms. The average Bonchev–Trinajstić information content (AvgIpc) is 3.07. The van der Waals surface area contributed by atoms with Crippen molar-refractivity contribution in [2.24, 2.45) is 0 Å². The Balaban J connectivity index is 1.74. The number of nitrogens with zero attached hydrogens (tertiary/aromatic N) is 3. The summed E-state index contributed by atoms with van der Waals surface area (Å²) in [5, 5.41) is 2.16. The largest absolute Gasteiger partial charge is 0.455 e. The number of fused-ring (bicyclic) bond motifs is 3. The van der Waals surface area contributed by atoms with Crippen molar-refractivity contribution in [1.29, 1.82) is 0 Å². The zero-order valence-corrected chi connectivity index (χ0v) is 13.3. The van der Waals surface area contributed by atoms with Crippen molar-refractivity contribution < 1.29 is 4.42 Å². The third-order valence-electron chi connectivity index (χ3n) is 4.25. The fourth-order valence-electron chi connectivity index (χ4n) is 3.08. The smallest absolute Gasteiger partial charge is 0.167 e. The minimum absolute atomic E-state index is 0.610. The van der Waals surface area contributed by atoms with Crippen molar-refractivity contribution in [2.75, 3.05) is 0 Å². The maximum absolute atomic E-state index is 6.08. The molecule has 0 radical (unpaired) electrons. The molecule has 0 fully saturated rings. The SMILES string of the molecule is c1ccc(-c2ncnc(-c3cccc4c3oc3ccccc34)n2)cc1. The van der Waals surface area contributed by atoms with Crippen LogP contribution in [0.3, 0.4) is 0 Å². The van der Waals surface area contributed by atoms with E-state index in [1.54, 1.807) is 6.33 Å². The van der Waals surface area contributed by atoms with Crippen molar-refractivity contribution in [2.45, 2.75) is 0 Å². The monoisotopic (exact) mass is 323 g/mol. The Morgan fingerprint density at radius 3 is 2.32 bits per heavy atom. The van der Waals surface area contributed by atoms with E-state index in [0.717, 1.165) is 33.1 Å². The molecule has 5 rings (SSSR count). The molecular formula is C21H13N3O. The molecule has 0 unspecified atom stereocenters. The van der Waals surface area contributed by atoms with E-state index in [-0.39, 0.29) is 0 Å². The van der Waals surface area contributed by atoms with Crippen LogP contribution in [0.1, 0.15) is 0 Å². The Bertz CT molecular complexity index is 1200.